The molecule has 0 saturated heterocycles. The van der Waals surface area contributed by atoms with Gasteiger partial charge in [0.05, 0.1) is 11.7 Å². The Balaban J connectivity index is 1.82. The second-order valence-corrected chi connectivity index (χ2v) is 6.47. The zero-order valence-electron chi connectivity index (χ0n) is 14.5. The van der Waals surface area contributed by atoms with E-state index in [9.17, 15) is 18.3 Å². The van der Waals surface area contributed by atoms with Gasteiger partial charge < -0.3 is 10.4 Å². The van der Waals surface area contributed by atoms with E-state index in [0.717, 1.165) is 25.0 Å². The van der Waals surface area contributed by atoms with Crippen molar-refractivity contribution in [3.05, 3.63) is 70.8 Å². The molecule has 0 amide bonds. The number of halogens is 3. The van der Waals surface area contributed by atoms with E-state index in [1.165, 1.54) is 23.3 Å². The zero-order valence-corrected chi connectivity index (χ0v) is 14.5. The Morgan fingerprint density at radius 3 is 2.40 bits per heavy atom. The molecule has 2 nitrogen and oxygen atoms in total. The Labute approximate surface area is 146 Å². The Morgan fingerprint density at radius 2 is 1.76 bits per heavy atom. The number of hydrogen-bond acceptors (Lipinski definition) is 2. The molecule has 136 valence electrons. The lowest BCUT2D eigenvalue weighted by Crippen LogP contribution is -2.30. The Morgan fingerprint density at radius 1 is 1.08 bits per heavy atom. The highest BCUT2D eigenvalue weighted by atomic mass is 19.4. The van der Waals surface area contributed by atoms with Crippen molar-refractivity contribution in [1.29, 1.82) is 0 Å². The molecule has 0 heterocycles. The van der Waals surface area contributed by atoms with E-state index in [2.05, 4.69) is 29.6 Å². The van der Waals surface area contributed by atoms with E-state index in [1.807, 2.05) is 13.8 Å². The number of benzene rings is 2. The van der Waals surface area contributed by atoms with Gasteiger partial charge in [0, 0.05) is 12.6 Å². The number of nitrogens with one attached hydrogen (secondary N) is 1. The molecule has 5 heteroatoms. The van der Waals surface area contributed by atoms with E-state index < -0.39 is 17.8 Å². The third-order valence-electron chi connectivity index (χ3n) is 4.25. The molecule has 2 rings (SSSR count). The van der Waals surface area contributed by atoms with Gasteiger partial charge in [-0.05, 0) is 49.9 Å². The standard InChI is InChI=1S/C20H24F3NO/c1-14-6-9-16(10-7-14)11-8-15(2)24-13-19(25)17-4-3-5-18(12-17)20(21,22)23/h3-7,9-10,12,15,19,24-25H,8,11,13H2,1-2H3. The molecule has 0 radical (unpaired) electrons. The molecule has 0 aromatic heterocycles. The second kappa shape index (κ2) is 8.50. The van der Waals surface area contributed by atoms with Gasteiger partial charge in [0.15, 0.2) is 0 Å². The summed E-state index contributed by atoms with van der Waals surface area (Å²) in [5, 5.41) is 13.3. The number of alkyl halides is 3. The molecule has 2 aromatic rings. The summed E-state index contributed by atoms with van der Waals surface area (Å²) in [6.45, 7) is 4.27. The van der Waals surface area contributed by atoms with Crippen LogP contribution in [0.5, 0.6) is 0 Å². The summed E-state index contributed by atoms with van der Waals surface area (Å²) in [5.41, 5.74) is 2.00. The molecule has 2 unspecified atom stereocenters. The first kappa shape index (κ1) is 19.5. The molecule has 0 aliphatic rings. The van der Waals surface area contributed by atoms with Crippen LogP contribution in [0.1, 0.15) is 41.7 Å². The third-order valence-corrected chi connectivity index (χ3v) is 4.25. The first-order valence-corrected chi connectivity index (χ1v) is 8.40. The lowest BCUT2D eigenvalue weighted by Gasteiger charge is -2.18. The van der Waals surface area contributed by atoms with Crippen molar-refractivity contribution in [2.75, 3.05) is 6.54 Å². The Bertz CT molecular complexity index is 667. The van der Waals surface area contributed by atoms with Crippen molar-refractivity contribution in [3.63, 3.8) is 0 Å². The third kappa shape index (κ3) is 6.18. The topological polar surface area (TPSA) is 32.3 Å². The molecule has 0 aliphatic carbocycles. The maximum atomic E-state index is 12.7. The summed E-state index contributed by atoms with van der Waals surface area (Å²) in [4.78, 5) is 0. The predicted octanol–water partition coefficient (Wildman–Crippen LogP) is 4.66. The van der Waals surface area contributed by atoms with Gasteiger partial charge in [-0.3, -0.25) is 0 Å². The quantitative estimate of drug-likeness (QED) is 0.760. The monoisotopic (exact) mass is 351 g/mol. The van der Waals surface area contributed by atoms with Crippen molar-refractivity contribution in [1.82, 2.24) is 5.32 Å². The zero-order chi connectivity index (χ0) is 18.4. The van der Waals surface area contributed by atoms with Crippen LogP contribution in [0.2, 0.25) is 0 Å². The molecular weight excluding hydrogens is 327 g/mol. The number of aliphatic hydroxyl groups excluding tert-OH is 1. The summed E-state index contributed by atoms with van der Waals surface area (Å²) >= 11 is 0. The van der Waals surface area contributed by atoms with E-state index >= 15 is 0 Å². The summed E-state index contributed by atoms with van der Waals surface area (Å²) in [7, 11) is 0. The average Bonchev–Trinajstić information content (AvgIpc) is 2.58. The molecule has 2 N–H and O–H groups in total. The van der Waals surface area contributed by atoms with Gasteiger partial charge in [-0.25, -0.2) is 0 Å². The minimum atomic E-state index is -4.40. The summed E-state index contributed by atoms with van der Waals surface area (Å²) < 4.78 is 38.2. The van der Waals surface area contributed by atoms with E-state index in [0.29, 0.717) is 0 Å². The van der Waals surface area contributed by atoms with Crippen LogP contribution in [0.4, 0.5) is 13.2 Å². The Hall–Kier alpha value is -1.85. The fourth-order valence-electron chi connectivity index (χ4n) is 2.59. The lowest BCUT2D eigenvalue weighted by molar-refractivity contribution is -0.137. The molecule has 2 atom stereocenters. The van der Waals surface area contributed by atoms with Crippen molar-refractivity contribution < 1.29 is 18.3 Å². The maximum Gasteiger partial charge on any atom is 0.416 e. The van der Waals surface area contributed by atoms with Gasteiger partial charge >= 0.3 is 6.18 Å². The molecule has 2 aromatic carbocycles. The smallest absolute Gasteiger partial charge is 0.387 e. The van der Waals surface area contributed by atoms with Crippen LogP contribution in [0.25, 0.3) is 0 Å². The van der Waals surface area contributed by atoms with Crippen LogP contribution in [0.15, 0.2) is 48.5 Å². The molecule has 0 saturated carbocycles. The van der Waals surface area contributed by atoms with Gasteiger partial charge in [-0.1, -0.05) is 42.0 Å². The van der Waals surface area contributed by atoms with Crippen LogP contribution in [0.3, 0.4) is 0 Å². The molecular formula is C20H24F3NO. The first-order valence-electron chi connectivity index (χ1n) is 8.40. The average molecular weight is 351 g/mol. The lowest BCUT2D eigenvalue weighted by atomic mass is 10.0. The van der Waals surface area contributed by atoms with Crippen molar-refractivity contribution in [2.45, 2.75) is 45.0 Å². The number of rotatable bonds is 7. The van der Waals surface area contributed by atoms with Gasteiger partial charge in [-0.15, -0.1) is 0 Å². The highest BCUT2D eigenvalue weighted by molar-refractivity contribution is 5.27. The van der Waals surface area contributed by atoms with Crippen LogP contribution in [-0.2, 0) is 12.6 Å². The largest absolute Gasteiger partial charge is 0.416 e. The number of aliphatic hydroxyl groups is 1. The van der Waals surface area contributed by atoms with E-state index in [1.54, 1.807) is 0 Å². The highest BCUT2D eigenvalue weighted by Gasteiger charge is 2.30. The number of aryl methyl sites for hydroxylation is 2. The molecule has 0 fully saturated rings. The van der Waals surface area contributed by atoms with E-state index in [4.69, 9.17) is 0 Å². The van der Waals surface area contributed by atoms with Crippen molar-refractivity contribution in [3.8, 4) is 0 Å². The molecule has 0 bridgehead atoms. The van der Waals surface area contributed by atoms with Crippen LogP contribution < -0.4 is 5.32 Å². The highest BCUT2D eigenvalue weighted by Crippen LogP contribution is 2.30. The predicted molar refractivity (Wildman–Crippen MR) is 93.4 cm³/mol. The fourth-order valence-corrected chi connectivity index (χ4v) is 2.59. The van der Waals surface area contributed by atoms with Gasteiger partial charge in [0.2, 0.25) is 0 Å². The minimum absolute atomic E-state index is 0.154. The summed E-state index contributed by atoms with van der Waals surface area (Å²) in [6, 6.07) is 13.3. The first-order chi connectivity index (χ1) is 11.8. The normalized spacial score (nSPS) is 14.3. The van der Waals surface area contributed by atoms with Crippen molar-refractivity contribution >= 4 is 0 Å². The minimum Gasteiger partial charge on any atom is -0.387 e. The summed E-state index contributed by atoms with van der Waals surface area (Å²) in [6.07, 6.45) is -3.57. The molecule has 0 spiro atoms. The van der Waals surface area contributed by atoms with Crippen LogP contribution >= 0.6 is 0 Å². The Kier molecular flexibility index (Phi) is 6.62. The summed E-state index contributed by atoms with van der Waals surface area (Å²) in [5.74, 6) is 0. The van der Waals surface area contributed by atoms with Crippen molar-refractivity contribution in [2.24, 2.45) is 0 Å². The maximum absolute atomic E-state index is 12.7. The van der Waals surface area contributed by atoms with Crippen LogP contribution in [0, 0.1) is 6.92 Å². The van der Waals surface area contributed by atoms with Gasteiger partial charge in [0.25, 0.3) is 0 Å². The molecule has 25 heavy (non-hydrogen) atoms. The van der Waals surface area contributed by atoms with Crippen LogP contribution in [-0.4, -0.2) is 17.7 Å². The van der Waals surface area contributed by atoms with Gasteiger partial charge in [0.1, 0.15) is 0 Å². The van der Waals surface area contributed by atoms with Gasteiger partial charge in [-0.2, -0.15) is 13.2 Å². The van der Waals surface area contributed by atoms with E-state index in [-0.39, 0.29) is 18.2 Å². The molecule has 0 aliphatic heterocycles. The SMILES string of the molecule is Cc1ccc(CCC(C)NCC(O)c2cccc(C(F)(F)F)c2)cc1. The number of hydrogen-bond donors (Lipinski definition) is 2. The second-order valence-electron chi connectivity index (χ2n) is 6.47. The fraction of sp³-hybridized carbons (Fsp3) is 0.400.